The van der Waals surface area contributed by atoms with Gasteiger partial charge in [-0.05, 0) is 24.8 Å². The van der Waals surface area contributed by atoms with E-state index in [9.17, 15) is 13.2 Å². The van der Waals surface area contributed by atoms with Gasteiger partial charge in [0.1, 0.15) is 5.69 Å². The van der Waals surface area contributed by atoms with Gasteiger partial charge in [-0.25, -0.2) is 12.7 Å². The van der Waals surface area contributed by atoms with Gasteiger partial charge in [-0.1, -0.05) is 12.2 Å². The molecule has 0 aromatic carbocycles. The highest BCUT2D eigenvalue weighted by atomic mass is 32.2. The van der Waals surface area contributed by atoms with Gasteiger partial charge in [0.25, 0.3) is 0 Å². The monoisotopic (exact) mass is 340 g/mol. The minimum atomic E-state index is -3.81. The minimum Gasteiger partial charge on any atom is -0.481 e. The molecule has 2 rings (SSSR count). The summed E-state index contributed by atoms with van der Waals surface area (Å²) in [6.07, 6.45) is 6.81. The smallest absolute Gasteiger partial charge is 0.242 e. The lowest BCUT2D eigenvalue weighted by atomic mass is 10.1. The second-order valence-corrected chi connectivity index (χ2v) is 7.10. The zero-order valence-electron chi connectivity index (χ0n) is 13.4. The molecule has 1 heterocycles. The van der Waals surface area contributed by atoms with Gasteiger partial charge in [-0.15, -0.1) is 0 Å². The molecular formula is C15H20N2O5S. The molecule has 0 fully saturated rings. The van der Waals surface area contributed by atoms with E-state index in [1.54, 1.807) is 0 Å². The van der Waals surface area contributed by atoms with Crippen molar-refractivity contribution < 1.29 is 22.7 Å². The number of sulfonamides is 1. The van der Waals surface area contributed by atoms with Crippen molar-refractivity contribution in [2.24, 2.45) is 5.92 Å². The molecule has 7 nitrogen and oxygen atoms in total. The van der Waals surface area contributed by atoms with E-state index in [2.05, 4.69) is 4.98 Å². The predicted octanol–water partition coefficient (Wildman–Crippen LogP) is 1.75. The molecule has 1 aliphatic carbocycles. The van der Waals surface area contributed by atoms with E-state index in [0.29, 0.717) is 0 Å². The first-order valence-electron chi connectivity index (χ1n) is 7.15. The van der Waals surface area contributed by atoms with E-state index in [4.69, 9.17) is 9.47 Å². The maximum Gasteiger partial charge on any atom is 0.242 e. The van der Waals surface area contributed by atoms with Gasteiger partial charge < -0.3 is 9.47 Å². The number of rotatable bonds is 6. The fourth-order valence-corrected chi connectivity index (χ4v) is 3.45. The summed E-state index contributed by atoms with van der Waals surface area (Å²) in [5.74, 6) is -0.159. The molecule has 1 unspecified atom stereocenters. The number of allylic oxidation sites excluding steroid dienone is 2. The highest BCUT2D eigenvalue weighted by Crippen LogP contribution is 2.32. The summed E-state index contributed by atoms with van der Waals surface area (Å²) in [6.45, 7) is 0. The van der Waals surface area contributed by atoms with Gasteiger partial charge in [0.2, 0.25) is 27.7 Å². The number of carbonyl (C=O) groups is 1. The van der Waals surface area contributed by atoms with Gasteiger partial charge in [0.05, 0.1) is 20.5 Å². The number of methoxy groups -OCH3 is 2. The molecule has 23 heavy (non-hydrogen) atoms. The molecule has 126 valence electrons. The second-order valence-electron chi connectivity index (χ2n) is 5.27. The first-order valence-corrected chi connectivity index (χ1v) is 9.00. The number of hydrogen-bond acceptors (Lipinski definition) is 6. The highest BCUT2D eigenvalue weighted by Gasteiger charge is 2.30. The lowest BCUT2D eigenvalue weighted by Gasteiger charge is -2.23. The van der Waals surface area contributed by atoms with E-state index in [1.165, 1.54) is 26.4 Å². The Bertz CT molecular complexity index is 715. The van der Waals surface area contributed by atoms with Crippen LogP contribution in [0.25, 0.3) is 0 Å². The van der Waals surface area contributed by atoms with Crippen molar-refractivity contribution in [3.8, 4) is 11.8 Å². The lowest BCUT2D eigenvalue weighted by molar-refractivity contribution is -0.118. The average Bonchev–Trinajstić information content (AvgIpc) is 2.99. The average molecular weight is 340 g/mol. The summed E-state index contributed by atoms with van der Waals surface area (Å²) < 4.78 is 35.2. The fraction of sp³-hybridized carbons (Fsp3) is 0.467. The maximum atomic E-state index is 12.6. The molecular weight excluding hydrogens is 320 g/mol. The lowest BCUT2D eigenvalue weighted by Crippen LogP contribution is -2.37. The van der Waals surface area contributed by atoms with Crippen LogP contribution in [0.4, 0.5) is 5.69 Å². The summed E-state index contributed by atoms with van der Waals surface area (Å²) >= 11 is 0. The van der Waals surface area contributed by atoms with Gasteiger partial charge in [0.15, 0.2) is 0 Å². The summed E-state index contributed by atoms with van der Waals surface area (Å²) in [5, 5.41) is 0. The molecule has 0 saturated carbocycles. The zero-order valence-corrected chi connectivity index (χ0v) is 14.2. The first kappa shape index (κ1) is 17.3. The summed E-state index contributed by atoms with van der Waals surface area (Å²) in [4.78, 5) is 16.6. The van der Waals surface area contributed by atoms with Gasteiger partial charge >= 0.3 is 0 Å². The molecule has 1 aromatic heterocycles. The third kappa shape index (κ3) is 4.01. The number of nitrogens with zero attached hydrogens (tertiary/aromatic N) is 2. The van der Waals surface area contributed by atoms with Crippen LogP contribution in [0.15, 0.2) is 24.3 Å². The van der Waals surface area contributed by atoms with Crippen molar-refractivity contribution in [2.45, 2.75) is 19.3 Å². The molecule has 0 saturated heterocycles. The Hall–Kier alpha value is -2.09. The summed E-state index contributed by atoms with van der Waals surface area (Å²) in [7, 11) is -1.02. The molecule has 0 aliphatic heterocycles. The molecule has 8 heteroatoms. The standard InChI is InChI=1S/C15H20N2O5S/c1-21-13-9-8-12(15(16-13)22-2)17(23(3,19)20)14(18)10-11-6-4-5-7-11/h4,6,8-9,11H,5,7,10H2,1-3H3. The van der Waals surface area contributed by atoms with Crippen LogP contribution in [0.3, 0.4) is 0 Å². The van der Waals surface area contributed by atoms with Crippen molar-refractivity contribution in [3.05, 3.63) is 24.3 Å². The van der Waals surface area contributed by atoms with E-state index in [0.717, 1.165) is 23.4 Å². The third-order valence-corrected chi connectivity index (χ3v) is 4.61. The van der Waals surface area contributed by atoms with Crippen molar-refractivity contribution in [3.63, 3.8) is 0 Å². The number of aromatic nitrogens is 1. The van der Waals surface area contributed by atoms with Crippen molar-refractivity contribution in [2.75, 3.05) is 24.8 Å². The Morgan fingerprint density at radius 2 is 2.09 bits per heavy atom. The minimum absolute atomic E-state index is 0.0186. The van der Waals surface area contributed by atoms with Crippen molar-refractivity contribution in [1.29, 1.82) is 0 Å². The van der Waals surface area contributed by atoms with E-state index in [1.807, 2.05) is 12.2 Å². The number of hydrogen-bond donors (Lipinski definition) is 0. The number of carbonyl (C=O) groups excluding carboxylic acids is 1. The molecule has 1 aliphatic rings. The molecule has 0 N–H and O–H groups in total. The molecule has 1 amide bonds. The van der Waals surface area contributed by atoms with Gasteiger partial charge in [0, 0.05) is 12.5 Å². The Balaban J connectivity index is 2.39. The number of pyridine rings is 1. The molecule has 1 atom stereocenters. The predicted molar refractivity (Wildman–Crippen MR) is 86.2 cm³/mol. The Morgan fingerprint density at radius 1 is 1.35 bits per heavy atom. The molecule has 0 radical (unpaired) electrons. The Morgan fingerprint density at radius 3 is 2.61 bits per heavy atom. The van der Waals surface area contributed by atoms with Crippen molar-refractivity contribution >= 4 is 21.6 Å². The van der Waals surface area contributed by atoms with E-state index < -0.39 is 15.9 Å². The Kier molecular flexibility index (Phi) is 5.25. The molecule has 0 bridgehead atoms. The number of anilines is 1. The quantitative estimate of drug-likeness (QED) is 0.733. The van der Waals surface area contributed by atoms with Crippen LogP contribution in [0, 0.1) is 5.92 Å². The van der Waals surface area contributed by atoms with Crippen LogP contribution in [0.2, 0.25) is 0 Å². The molecule has 1 aromatic rings. The van der Waals surface area contributed by atoms with Crippen LogP contribution in [-0.2, 0) is 14.8 Å². The third-order valence-electron chi connectivity index (χ3n) is 3.54. The Labute approximate surface area is 136 Å². The van der Waals surface area contributed by atoms with Crippen molar-refractivity contribution in [1.82, 2.24) is 4.98 Å². The fourth-order valence-electron chi connectivity index (χ4n) is 2.51. The summed E-state index contributed by atoms with van der Waals surface area (Å²) in [5.41, 5.74) is 0.0859. The van der Waals surface area contributed by atoms with E-state index in [-0.39, 0.29) is 29.8 Å². The van der Waals surface area contributed by atoms with Crippen LogP contribution >= 0.6 is 0 Å². The van der Waals surface area contributed by atoms with Crippen LogP contribution in [0.1, 0.15) is 19.3 Å². The first-order chi connectivity index (χ1) is 10.9. The highest BCUT2D eigenvalue weighted by molar-refractivity contribution is 7.92. The topological polar surface area (TPSA) is 85.8 Å². The largest absolute Gasteiger partial charge is 0.481 e. The summed E-state index contributed by atoms with van der Waals surface area (Å²) in [6, 6.07) is 2.94. The number of amides is 1. The van der Waals surface area contributed by atoms with Gasteiger partial charge in [-0.3, -0.25) is 4.79 Å². The normalized spacial score (nSPS) is 17.1. The zero-order chi connectivity index (χ0) is 17.0. The van der Waals surface area contributed by atoms with Gasteiger partial charge in [-0.2, -0.15) is 4.98 Å². The van der Waals surface area contributed by atoms with Crippen LogP contribution in [0.5, 0.6) is 11.8 Å². The van der Waals surface area contributed by atoms with E-state index >= 15 is 0 Å². The number of ether oxygens (including phenoxy) is 2. The SMILES string of the molecule is COc1ccc(N(C(=O)CC2C=CCC2)S(C)(=O)=O)c(OC)n1. The molecule has 0 spiro atoms. The van der Waals surface area contributed by atoms with Crippen LogP contribution < -0.4 is 13.8 Å². The second kappa shape index (κ2) is 6.99. The maximum absolute atomic E-state index is 12.6. The van der Waals surface area contributed by atoms with Crippen LogP contribution in [-0.4, -0.2) is 39.8 Å².